The largest absolute Gasteiger partial charge is 0.299 e. The lowest BCUT2D eigenvalue weighted by Gasteiger charge is -2.00. The van der Waals surface area contributed by atoms with Crippen molar-refractivity contribution in [3.8, 4) is 0 Å². The summed E-state index contributed by atoms with van der Waals surface area (Å²) in [5, 5.41) is 0. The third-order valence-electron chi connectivity index (χ3n) is 1.41. The molecule has 0 radical (unpaired) electrons. The number of hydrogen-bond acceptors (Lipinski definition) is 2. The van der Waals surface area contributed by atoms with Gasteiger partial charge in [-0.15, -0.1) is 0 Å². The molecule has 0 aliphatic carbocycles. The first kappa shape index (κ1) is 9.34. The van der Waals surface area contributed by atoms with Crippen molar-refractivity contribution in [2.75, 3.05) is 0 Å². The van der Waals surface area contributed by atoms with Crippen molar-refractivity contribution in [2.45, 2.75) is 33.6 Å². The van der Waals surface area contributed by atoms with Crippen molar-refractivity contribution < 1.29 is 9.59 Å². The van der Waals surface area contributed by atoms with Crippen LogP contribution in [-0.2, 0) is 9.59 Å². The molecule has 0 fully saturated rings. The molecule has 0 aliphatic rings. The number of Topliss-reactive ketones (excluding diaryl/α,β-unsaturated/α-hetero) is 2. The van der Waals surface area contributed by atoms with Gasteiger partial charge in [-0.05, 0) is 0 Å². The third kappa shape index (κ3) is 3.38. The van der Waals surface area contributed by atoms with Crippen LogP contribution in [0.3, 0.4) is 0 Å². The third-order valence-corrected chi connectivity index (χ3v) is 1.41. The molecule has 0 amide bonds. The average molecular weight is 142 g/mol. The van der Waals surface area contributed by atoms with E-state index in [1.54, 1.807) is 6.92 Å². The summed E-state index contributed by atoms with van der Waals surface area (Å²) in [6.45, 7) is 5.40. The normalized spacial score (nSPS) is 10.0. The Morgan fingerprint density at radius 1 is 1.30 bits per heavy atom. The molecule has 0 spiro atoms. The zero-order chi connectivity index (χ0) is 8.15. The summed E-state index contributed by atoms with van der Waals surface area (Å²) < 4.78 is 0. The second-order valence-electron chi connectivity index (χ2n) is 2.69. The van der Waals surface area contributed by atoms with E-state index in [-0.39, 0.29) is 23.9 Å². The van der Waals surface area contributed by atoms with Crippen LogP contribution in [0.4, 0.5) is 0 Å². The minimum Gasteiger partial charge on any atom is -0.299 e. The SMILES string of the molecule is CCC(=O)CC(=O)C(C)C. The van der Waals surface area contributed by atoms with E-state index in [0.29, 0.717) is 6.42 Å². The molecule has 2 heteroatoms. The number of carbonyl (C=O) groups excluding carboxylic acids is 2. The molecule has 0 aromatic heterocycles. The van der Waals surface area contributed by atoms with E-state index in [9.17, 15) is 9.59 Å². The van der Waals surface area contributed by atoms with E-state index >= 15 is 0 Å². The first-order chi connectivity index (χ1) is 4.57. The molecular formula is C8H14O2. The van der Waals surface area contributed by atoms with Gasteiger partial charge in [0.15, 0.2) is 0 Å². The quantitative estimate of drug-likeness (QED) is 0.558. The van der Waals surface area contributed by atoms with Gasteiger partial charge in [0.2, 0.25) is 0 Å². The topological polar surface area (TPSA) is 34.1 Å². The Morgan fingerprint density at radius 3 is 2.10 bits per heavy atom. The molecule has 10 heavy (non-hydrogen) atoms. The lowest BCUT2D eigenvalue weighted by Crippen LogP contribution is -2.12. The molecule has 0 unspecified atom stereocenters. The smallest absolute Gasteiger partial charge is 0.142 e. The molecule has 0 saturated heterocycles. The predicted octanol–water partition coefficient (Wildman–Crippen LogP) is 1.58. The van der Waals surface area contributed by atoms with Gasteiger partial charge in [-0.25, -0.2) is 0 Å². The zero-order valence-corrected chi connectivity index (χ0v) is 6.81. The summed E-state index contributed by atoms with van der Waals surface area (Å²) >= 11 is 0. The number of carbonyl (C=O) groups is 2. The van der Waals surface area contributed by atoms with E-state index in [2.05, 4.69) is 0 Å². The summed E-state index contributed by atoms with van der Waals surface area (Å²) in [7, 11) is 0. The van der Waals surface area contributed by atoms with Crippen LogP contribution < -0.4 is 0 Å². The van der Waals surface area contributed by atoms with Crippen LogP contribution in [-0.4, -0.2) is 11.6 Å². The second-order valence-corrected chi connectivity index (χ2v) is 2.69. The van der Waals surface area contributed by atoms with Gasteiger partial charge in [0.25, 0.3) is 0 Å². The molecule has 58 valence electrons. The van der Waals surface area contributed by atoms with E-state index in [0.717, 1.165) is 0 Å². The summed E-state index contributed by atoms with van der Waals surface area (Å²) in [5.74, 6) is 0.0843. The highest BCUT2D eigenvalue weighted by molar-refractivity contribution is 5.99. The molecule has 0 aromatic rings. The Kier molecular flexibility index (Phi) is 3.93. The predicted molar refractivity (Wildman–Crippen MR) is 39.8 cm³/mol. The van der Waals surface area contributed by atoms with Gasteiger partial charge < -0.3 is 0 Å². The Morgan fingerprint density at radius 2 is 1.80 bits per heavy atom. The van der Waals surface area contributed by atoms with Gasteiger partial charge in [-0.3, -0.25) is 9.59 Å². The van der Waals surface area contributed by atoms with E-state index in [4.69, 9.17) is 0 Å². The van der Waals surface area contributed by atoms with Crippen LogP contribution >= 0.6 is 0 Å². The van der Waals surface area contributed by atoms with Crippen LogP contribution in [0.5, 0.6) is 0 Å². The van der Waals surface area contributed by atoms with Crippen molar-refractivity contribution in [3.63, 3.8) is 0 Å². The van der Waals surface area contributed by atoms with Crippen molar-refractivity contribution in [2.24, 2.45) is 5.92 Å². The zero-order valence-electron chi connectivity index (χ0n) is 6.81. The molecule has 0 aliphatic heterocycles. The molecule has 2 nitrogen and oxygen atoms in total. The molecule has 0 N–H and O–H groups in total. The minimum atomic E-state index is -0.00417. The van der Waals surface area contributed by atoms with Gasteiger partial charge in [-0.1, -0.05) is 20.8 Å². The number of rotatable bonds is 4. The van der Waals surface area contributed by atoms with Crippen LogP contribution in [0.25, 0.3) is 0 Å². The fraction of sp³-hybridized carbons (Fsp3) is 0.750. The Hall–Kier alpha value is -0.660. The summed E-state index contributed by atoms with van der Waals surface area (Å²) in [4.78, 5) is 21.6. The van der Waals surface area contributed by atoms with Crippen LogP contribution in [0.2, 0.25) is 0 Å². The molecule has 0 atom stereocenters. The second kappa shape index (κ2) is 4.20. The van der Waals surface area contributed by atoms with Crippen molar-refractivity contribution >= 4 is 11.6 Å². The van der Waals surface area contributed by atoms with Crippen LogP contribution in [0, 0.1) is 5.92 Å². The maximum Gasteiger partial charge on any atom is 0.142 e. The summed E-state index contributed by atoms with van der Waals surface area (Å²) in [5.41, 5.74) is 0. The lowest BCUT2D eigenvalue weighted by atomic mass is 10.0. The number of ketones is 2. The fourth-order valence-corrected chi connectivity index (χ4v) is 0.523. The van der Waals surface area contributed by atoms with E-state index < -0.39 is 0 Å². The van der Waals surface area contributed by atoms with Crippen LogP contribution in [0.15, 0.2) is 0 Å². The van der Waals surface area contributed by atoms with E-state index in [1.165, 1.54) is 0 Å². The highest BCUT2D eigenvalue weighted by Gasteiger charge is 2.10. The maximum atomic E-state index is 10.9. The van der Waals surface area contributed by atoms with Crippen molar-refractivity contribution in [3.05, 3.63) is 0 Å². The average Bonchev–Trinajstić information content (AvgIpc) is 1.87. The maximum absolute atomic E-state index is 10.9. The summed E-state index contributed by atoms with van der Waals surface area (Å²) in [6, 6.07) is 0. The fourth-order valence-electron chi connectivity index (χ4n) is 0.523. The van der Waals surface area contributed by atoms with Gasteiger partial charge in [0, 0.05) is 12.3 Å². The van der Waals surface area contributed by atoms with Crippen LogP contribution in [0.1, 0.15) is 33.6 Å². The van der Waals surface area contributed by atoms with Gasteiger partial charge in [0.05, 0.1) is 6.42 Å². The monoisotopic (exact) mass is 142 g/mol. The Balaban J connectivity index is 3.69. The van der Waals surface area contributed by atoms with Gasteiger partial charge in [-0.2, -0.15) is 0 Å². The first-order valence-electron chi connectivity index (χ1n) is 3.62. The number of hydrogen-bond donors (Lipinski definition) is 0. The molecule has 0 aromatic carbocycles. The molecule has 0 rings (SSSR count). The Bertz CT molecular complexity index is 136. The highest BCUT2D eigenvalue weighted by Crippen LogP contribution is 2.00. The van der Waals surface area contributed by atoms with Crippen molar-refractivity contribution in [1.82, 2.24) is 0 Å². The highest BCUT2D eigenvalue weighted by atomic mass is 16.1. The van der Waals surface area contributed by atoms with E-state index in [1.807, 2.05) is 13.8 Å². The molecule has 0 heterocycles. The van der Waals surface area contributed by atoms with Crippen molar-refractivity contribution in [1.29, 1.82) is 0 Å². The molecule has 0 saturated carbocycles. The van der Waals surface area contributed by atoms with Gasteiger partial charge in [0.1, 0.15) is 11.6 Å². The van der Waals surface area contributed by atoms with Gasteiger partial charge >= 0.3 is 0 Å². The first-order valence-corrected chi connectivity index (χ1v) is 3.62. The summed E-state index contributed by atoms with van der Waals surface area (Å²) in [6.07, 6.45) is 0.590. The molecular weight excluding hydrogens is 128 g/mol. The minimum absolute atomic E-state index is 0.00417. The standard InChI is InChI=1S/C8H14O2/c1-4-7(9)5-8(10)6(2)3/h6H,4-5H2,1-3H3. The molecule has 0 bridgehead atoms. The Labute approximate surface area is 61.6 Å². The lowest BCUT2D eigenvalue weighted by molar-refractivity contribution is -0.128.